The maximum Gasteiger partial charge on any atom is 0.321 e. The van der Waals surface area contributed by atoms with Crippen LogP contribution in [0.25, 0.3) is 0 Å². The van der Waals surface area contributed by atoms with E-state index in [1.54, 1.807) is 12.1 Å². The van der Waals surface area contributed by atoms with Crippen molar-refractivity contribution < 1.29 is 19.4 Å². The van der Waals surface area contributed by atoms with Crippen molar-refractivity contribution in [3.8, 4) is 5.88 Å². The summed E-state index contributed by atoms with van der Waals surface area (Å²) < 4.78 is 4.89. The summed E-state index contributed by atoms with van der Waals surface area (Å²) in [7, 11) is 1.51. The Morgan fingerprint density at radius 3 is 2.72 bits per heavy atom. The number of anilines is 1. The molecule has 2 N–H and O–H groups in total. The number of pyridine rings is 1. The molecule has 18 heavy (non-hydrogen) atoms. The van der Waals surface area contributed by atoms with Crippen LogP contribution in [0.4, 0.5) is 10.5 Å². The molecule has 2 rings (SSSR count). The van der Waals surface area contributed by atoms with E-state index >= 15 is 0 Å². The van der Waals surface area contributed by atoms with E-state index in [0.717, 1.165) is 0 Å². The van der Waals surface area contributed by atoms with Gasteiger partial charge in [0, 0.05) is 19.2 Å². The molecule has 1 aliphatic rings. The Morgan fingerprint density at radius 2 is 2.22 bits per heavy atom. The number of methoxy groups -OCH3 is 1. The van der Waals surface area contributed by atoms with Crippen LogP contribution in [-0.4, -0.2) is 47.2 Å². The average Bonchev–Trinajstić information content (AvgIpc) is 2.27. The molecule has 1 saturated heterocycles. The van der Waals surface area contributed by atoms with E-state index in [1.165, 1.54) is 18.2 Å². The summed E-state index contributed by atoms with van der Waals surface area (Å²) in [4.78, 5) is 27.7. The molecule has 2 amide bonds. The zero-order valence-electron chi connectivity index (χ0n) is 9.79. The first kappa shape index (κ1) is 12.2. The molecule has 0 aromatic carbocycles. The van der Waals surface area contributed by atoms with Crippen LogP contribution in [0, 0.1) is 5.92 Å². The van der Waals surface area contributed by atoms with Crippen LogP contribution in [0.1, 0.15) is 0 Å². The first-order valence-electron chi connectivity index (χ1n) is 5.39. The maximum atomic E-state index is 11.7. The fraction of sp³-hybridized carbons (Fsp3) is 0.364. The van der Waals surface area contributed by atoms with Crippen LogP contribution >= 0.6 is 0 Å². The highest BCUT2D eigenvalue weighted by Gasteiger charge is 2.35. The van der Waals surface area contributed by atoms with Gasteiger partial charge in [-0.25, -0.2) is 9.78 Å². The second-order valence-electron chi connectivity index (χ2n) is 3.96. The van der Waals surface area contributed by atoms with Gasteiger partial charge in [0.05, 0.1) is 24.9 Å². The molecule has 7 nitrogen and oxygen atoms in total. The van der Waals surface area contributed by atoms with Crippen molar-refractivity contribution in [3.63, 3.8) is 0 Å². The lowest BCUT2D eigenvalue weighted by Gasteiger charge is -2.36. The Morgan fingerprint density at radius 1 is 1.50 bits per heavy atom. The molecule has 1 aliphatic heterocycles. The van der Waals surface area contributed by atoms with Crippen LogP contribution in [0.2, 0.25) is 0 Å². The van der Waals surface area contributed by atoms with E-state index in [0.29, 0.717) is 11.6 Å². The molecule has 1 aromatic rings. The molecular weight excluding hydrogens is 238 g/mol. The summed E-state index contributed by atoms with van der Waals surface area (Å²) in [6.07, 6.45) is 1.48. The van der Waals surface area contributed by atoms with E-state index in [2.05, 4.69) is 10.3 Å². The molecule has 0 unspecified atom stereocenters. The highest BCUT2D eigenvalue weighted by molar-refractivity contribution is 5.90. The maximum absolute atomic E-state index is 11.7. The van der Waals surface area contributed by atoms with Gasteiger partial charge in [0.1, 0.15) is 0 Å². The molecule has 96 valence electrons. The Hall–Kier alpha value is -2.31. The number of nitrogens with zero attached hydrogens (tertiary/aromatic N) is 2. The number of hydrogen-bond donors (Lipinski definition) is 2. The number of carboxylic acids is 1. The first-order valence-corrected chi connectivity index (χ1v) is 5.39. The number of hydrogen-bond acceptors (Lipinski definition) is 4. The quantitative estimate of drug-likeness (QED) is 0.822. The van der Waals surface area contributed by atoms with E-state index < -0.39 is 11.9 Å². The van der Waals surface area contributed by atoms with Gasteiger partial charge in [-0.3, -0.25) is 4.79 Å². The van der Waals surface area contributed by atoms with Crippen molar-refractivity contribution in [2.24, 2.45) is 5.92 Å². The Balaban J connectivity index is 1.86. The number of aliphatic carboxylic acids is 1. The van der Waals surface area contributed by atoms with Crippen LogP contribution < -0.4 is 10.1 Å². The third-order valence-electron chi connectivity index (χ3n) is 2.71. The van der Waals surface area contributed by atoms with Gasteiger partial charge in [0.15, 0.2) is 0 Å². The zero-order valence-corrected chi connectivity index (χ0v) is 9.79. The number of rotatable bonds is 3. The second kappa shape index (κ2) is 4.91. The van der Waals surface area contributed by atoms with Gasteiger partial charge in [-0.05, 0) is 6.07 Å². The van der Waals surface area contributed by atoms with E-state index in [9.17, 15) is 9.59 Å². The number of carboxylic acid groups (broad SMARTS) is 1. The smallest absolute Gasteiger partial charge is 0.321 e. The predicted octanol–water partition coefficient (Wildman–Crippen LogP) is 0.639. The molecule has 0 aliphatic carbocycles. The zero-order chi connectivity index (χ0) is 13.1. The van der Waals surface area contributed by atoms with Gasteiger partial charge in [-0.1, -0.05) is 0 Å². The molecule has 2 heterocycles. The van der Waals surface area contributed by atoms with Gasteiger partial charge in [-0.2, -0.15) is 0 Å². The van der Waals surface area contributed by atoms with E-state index in [-0.39, 0.29) is 19.1 Å². The normalized spacial score (nSPS) is 14.8. The lowest BCUT2D eigenvalue weighted by Crippen LogP contribution is -2.54. The average molecular weight is 251 g/mol. The van der Waals surface area contributed by atoms with Crippen LogP contribution in [0.3, 0.4) is 0 Å². The number of amides is 2. The molecule has 7 heteroatoms. The molecule has 0 bridgehead atoms. The Bertz CT molecular complexity index is 454. The van der Waals surface area contributed by atoms with Gasteiger partial charge < -0.3 is 20.1 Å². The monoisotopic (exact) mass is 251 g/mol. The van der Waals surface area contributed by atoms with Crippen LogP contribution in [0.15, 0.2) is 18.3 Å². The minimum atomic E-state index is -0.870. The van der Waals surface area contributed by atoms with E-state index in [1.807, 2.05) is 0 Å². The summed E-state index contributed by atoms with van der Waals surface area (Å²) in [6.45, 7) is 0.482. The van der Waals surface area contributed by atoms with Crippen molar-refractivity contribution in [2.75, 3.05) is 25.5 Å². The van der Waals surface area contributed by atoms with Gasteiger partial charge in [0.2, 0.25) is 5.88 Å². The lowest BCUT2D eigenvalue weighted by atomic mass is 10.0. The fourth-order valence-corrected chi connectivity index (χ4v) is 1.58. The molecule has 0 spiro atoms. The third-order valence-corrected chi connectivity index (χ3v) is 2.71. The number of nitrogens with one attached hydrogen (secondary N) is 1. The first-order chi connectivity index (χ1) is 8.60. The highest BCUT2D eigenvalue weighted by Crippen LogP contribution is 2.18. The number of aromatic nitrogens is 1. The number of likely N-dealkylation sites (tertiary alicyclic amines) is 1. The Labute approximate surface area is 103 Å². The van der Waals surface area contributed by atoms with Gasteiger partial charge in [0.25, 0.3) is 0 Å². The Kier molecular flexibility index (Phi) is 3.31. The minimum Gasteiger partial charge on any atom is -0.481 e. The second-order valence-corrected chi connectivity index (χ2v) is 3.96. The number of urea groups is 1. The minimum absolute atomic E-state index is 0.241. The standard InChI is InChI=1S/C11H13N3O4/c1-18-9-3-2-8(4-12-9)13-11(17)14-5-7(6-14)10(15)16/h2-4,7H,5-6H2,1H3,(H,13,17)(H,15,16). The molecule has 0 atom stereocenters. The number of carbonyl (C=O) groups is 2. The van der Waals surface area contributed by atoms with Crippen LogP contribution in [0.5, 0.6) is 5.88 Å². The lowest BCUT2D eigenvalue weighted by molar-refractivity contribution is -0.145. The number of ether oxygens (including phenoxy) is 1. The topological polar surface area (TPSA) is 91.8 Å². The summed E-state index contributed by atoms with van der Waals surface area (Å²) >= 11 is 0. The van der Waals surface area contributed by atoms with Crippen molar-refractivity contribution in [3.05, 3.63) is 18.3 Å². The largest absolute Gasteiger partial charge is 0.481 e. The predicted molar refractivity (Wildman–Crippen MR) is 62.5 cm³/mol. The molecule has 1 aromatic heterocycles. The van der Waals surface area contributed by atoms with Crippen molar-refractivity contribution in [1.29, 1.82) is 0 Å². The summed E-state index contributed by atoms with van der Waals surface area (Å²) in [6, 6.07) is 2.98. The SMILES string of the molecule is COc1ccc(NC(=O)N2CC(C(=O)O)C2)cn1. The molecule has 0 radical (unpaired) electrons. The highest BCUT2D eigenvalue weighted by atomic mass is 16.5. The fourth-order valence-electron chi connectivity index (χ4n) is 1.58. The van der Waals surface area contributed by atoms with Crippen molar-refractivity contribution in [1.82, 2.24) is 9.88 Å². The summed E-state index contributed by atoms with van der Waals surface area (Å²) in [5.74, 6) is -0.863. The van der Waals surface area contributed by atoms with Crippen molar-refractivity contribution >= 4 is 17.7 Å². The summed E-state index contributed by atoms with van der Waals surface area (Å²) in [5.41, 5.74) is 0.541. The van der Waals surface area contributed by atoms with Gasteiger partial charge >= 0.3 is 12.0 Å². The van der Waals surface area contributed by atoms with E-state index in [4.69, 9.17) is 9.84 Å². The molecule has 1 fully saturated rings. The third kappa shape index (κ3) is 2.50. The van der Waals surface area contributed by atoms with Crippen molar-refractivity contribution in [2.45, 2.75) is 0 Å². The molecular formula is C11H13N3O4. The van der Waals surface area contributed by atoms with Gasteiger partial charge in [-0.15, -0.1) is 0 Å². The number of carbonyl (C=O) groups excluding carboxylic acids is 1. The molecule has 0 saturated carbocycles. The van der Waals surface area contributed by atoms with Crippen LogP contribution in [-0.2, 0) is 4.79 Å². The summed E-state index contributed by atoms with van der Waals surface area (Å²) in [5, 5.41) is 11.3.